The number of hydrogen-bond acceptors (Lipinski definition) is 3. The van der Waals surface area contributed by atoms with Crippen LogP contribution in [0, 0.1) is 5.82 Å². The highest BCUT2D eigenvalue weighted by Gasteiger charge is 2.18. The summed E-state index contributed by atoms with van der Waals surface area (Å²) in [4.78, 5) is 13.3. The number of halogens is 2. The van der Waals surface area contributed by atoms with Crippen molar-refractivity contribution in [2.24, 2.45) is 0 Å². The molecule has 1 atom stereocenters. The van der Waals surface area contributed by atoms with Crippen molar-refractivity contribution in [3.63, 3.8) is 0 Å². The van der Waals surface area contributed by atoms with E-state index < -0.39 is 17.9 Å². The Bertz CT molecular complexity index is 900. The number of carboxylic acid groups (broad SMARTS) is 1. The molecule has 2 aromatic carbocycles. The van der Waals surface area contributed by atoms with Gasteiger partial charge in [-0.2, -0.15) is 0 Å². The van der Waals surface area contributed by atoms with Crippen molar-refractivity contribution >= 4 is 23.3 Å². The predicted octanol–water partition coefficient (Wildman–Crippen LogP) is 6.48. The Morgan fingerprint density at radius 3 is 2.57 bits per heavy atom. The van der Waals surface area contributed by atoms with Crippen molar-refractivity contribution in [1.29, 1.82) is 0 Å². The third-order valence-electron chi connectivity index (χ3n) is 4.98. The van der Waals surface area contributed by atoms with Crippen LogP contribution in [0.25, 0.3) is 16.8 Å². The van der Waals surface area contributed by atoms with E-state index in [-0.39, 0.29) is 5.75 Å². The molecule has 30 heavy (non-hydrogen) atoms. The molecule has 0 aliphatic carbocycles. The third kappa shape index (κ3) is 5.99. The SMILES string of the molecule is C=C(c1ccc(-c2cc(F)ccc2O[C@@H](C)C(=O)O)cc1Cl)N(CC)CCCCC. The van der Waals surface area contributed by atoms with Crippen LogP contribution in [0.1, 0.15) is 45.6 Å². The molecule has 0 bridgehead atoms. The molecule has 0 fully saturated rings. The van der Waals surface area contributed by atoms with Crippen molar-refractivity contribution in [2.45, 2.75) is 46.1 Å². The lowest BCUT2D eigenvalue weighted by molar-refractivity contribution is -0.144. The maximum absolute atomic E-state index is 13.9. The van der Waals surface area contributed by atoms with E-state index in [4.69, 9.17) is 21.4 Å². The molecule has 6 heteroatoms. The van der Waals surface area contributed by atoms with Crippen LogP contribution in [0.5, 0.6) is 5.75 Å². The molecule has 162 valence electrons. The number of ether oxygens (including phenoxy) is 1. The molecule has 0 radical (unpaired) electrons. The van der Waals surface area contributed by atoms with Gasteiger partial charge in [-0.25, -0.2) is 9.18 Å². The second-order valence-electron chi connectivity index (χ2n) is 7.17. The number of unbranched alkanes of at least 4 members (excludes halogenated alkanes) is 2. The normalized spacial score (nSPS) is 11.8. The quantitative estimate of drug-likeness (QED) is 0.412. The molecule has 0 saturated carbocycles. The van der Waals surface area contributed by atoms with Crippen LogP contribution in [-0.4, -0.2) is 35.2 Å². The first-order valence-electron chi connectivity index (χ1n) is 10.2. The third-order valence-corrected chi connectivity index (χ3v) is 5.29. The number of carbonyl (C=O) groups is 1. The minimum Gasteiger partial charge on any atom is -0.479 e. The van der Waals surface area contributed by atoms with Gasteiger partial charge in [0.05, 0.1) is 5.02 Å². The molecule has 0 unspecified atom stereocenters. The standard InChI is InChI=1S/C24H29ClFNO3/c1-5-7-8-13-27(6-2)16(3)20-11-9-18(14-22(20)25)21-15-19(26)10-12-23(21)30-17(4)24(28)29/h9-12,14-15,17H,3,5-8,13H2,1-2,4H3,(H,28,29)/t17-/m0/s1. The van der Waals surface area contributed by atoms with Gasteiger partial charge in [0.15, 0.2) is 6.10 Å². The first-order chi connectivity index (χ1) is 14.3. The van der Waals surface area contributed by atoms with Crippen molar-refractivity contribution in [2.75, 3.05) is 13.1 Å². The zero-order valence-corrected chi connectivity index (χ0v) is 18.5. The van der Waals surface area contributed by atoms with Crippen LogP contribution in [0.15, 0.2) is 43.0 Å². The highest BCUT2D eigenvalue weighted by Crippen LogP contribution is 2.36. The Labute approximate surface area is 182 Å². The summed E-state index contributed by atoms with van der Waals surface area (Å²) in [7, 11) is 0. The molecule has 0 aliphatic rings. The first-order valence-corrected chi connectivity index (χ1v) is 10.6. The van der Waals surface area contributed by atoms with Gasteiger partial charge < -0.3 is 14.7 Å². The summed E-state index contributed by atoms with van der Waals surface area (Å²) in [5, 5.41) is 9.61. The van der Waals surface area contributed by atoms with Crippen molar-refractivity contribution < 1.29 is 19.0 Å². The molecule has 0 aromatic heterocycles. The van der Waals surface area contributed by atoms with E-state index in [1.807, 2.05) is 12.1 Å². The molecular formula is C24H29ClFNO3. The van der Waals surface area contributed by atoms with E-state index in [1.54, 1.807) is 6.07 Å². The molecule has 4 nitrogen and oxygen atoms in total. The summed E-state index contributed by atoms with van der Waals surface area (Å²) >= 11 is 6.57. The second kappa shape index (κ2) is 11.0. The first kappa shape index (κ1) is 23.7. The fourth-order valence-electron chi connectivity index (χ4n) is 3.20. The number of aliphatic carboxylic acids is 1. The summed E-state index contributed by atoms with van der Waals surface area (Å²) in [5.74, 6) is -1.26. The maximum atomic E-state index is 13.9. The van der Waals surface area contributed by atoms with E-state index >= 15 is 0 Å². The largest absolute Gasteiger partial charge is 0.479 e. The highest BCUT2D eigenvalue weighted by molar-refractivity contribution is 6.32. The minimum atomic E-state index is -1.10. The zero-order chi connectivity index (χ0) is 22.3. The molecule has 0 spiro atoms. The maximum Gasteiger partial charge on any atom is 0.344 e. The summed E-state index contributed by atoms with van der Waals surface area (Å²) in [6.45, 7) is 11.6. The van der Waals surface area contributed by atoms with Gasteiger partial charge >= 0.3 is 5.97 Å². The molecule has 2 rings (SSSR count). The molecule has 0 aliphatic heterocycles. The molecule has 0 saturated heterocycles. The lowest BCUT2D eigenvalue weighted by Crippen LogP contribution is -2.23. The summed E-state index contributed by atoms with van der Waals surface area (Å²) < 4.78 is 19.4. The van der Waals surface area contributed by atoms with Gasteiger partial charge in [0.25, 0.3) is 0 Å². The minimum absolute atomic E-state index is 0.281. The van der Waals surface area contributed by atoms with Crippen LogP contribution in [0.3, 0.4) is 0 Å². The van der Waals surface area contributed by atoms with E-state index in [9.17, 15) is 9.18 Å². The van der Waals surface area contributed by atoms with Crippen LogP contribution in [-0.2, 0) is 4.79 Å². The van der Waals surface area contributed by atoms with Crippen LogP contribution in [0.2, 0.25) is 5.02 Å². The monoisotopic (exact) mass is 433 g/mol. The van der Waals surface area contributed by atoms with Gasteiger partial charge in [-0.15, -0.1) is 0 Å². The second-order valence-corrected chi connectivity index (χ2v) is 7.57. The number of nitrogens with zero attached hydrogens (tertiary/aromatic N) is 1. The molecular weight excluding hydrogens is 405 g/mol. The van der Waals surface area contributed by atoms with Crippen molar-refractivity contribution in [1.82, 2.24) is 4.90 Å². The number of rotatable bonds is 11. The van der Waals surface area contributed by atoms with Crippen LogP contribution in [0.4, 0.5) is 4.39 Å². The van der Waals surface area contributed by atoms with Gasteiger partial charge in [-0.1, -0.05) is 50.1 Å². The average Bonchev–Trinajstić information content (AvgIpc) is 2.72. The van der Waals surface area contributed by atoms with E-state index in [0.717, 1.165) is 43.6 Å². The van der Waals surface area contributed by atoms with Gasteiger partial charge in [-0.05, 0) is 50.1 Å². The average molecular weight is 434 g/mol. The van der Waals surface area contributed by atoms with Crippen molar-refractivity contribution in [3.05, 3.63) is 59.4 Å². The summed E-state index contributed by atoms with van der Waals surface area (Å²) in [5.41, 5.74) is 2.74. The van der Waals surface area contributed by atoms with Gasteiger partial charge in [0.2, 0.25) is 0 Å². The van der Waals surface area contributed by atoms with E-state index in [1.165, 1.54) is 25.1 Å². The van der Waals surface area contributed by atoms with Crippen molar-refractivity contribution in [3.8, 4) is 16.9 Å². The van der Waals surface area contributed by atoms with E-state index in [2.05, 4.69) is 25.3 Å². The fraction of sp³-hybridized carbons (Fsp3) is 0.375. The Balaban J connectivity index is 2.34. The van der Waals surface area contributed by atoms with E-state index in [0.29, 0.717) is 16.1 Å². The predicted molar refractivity (Wildman–Crippen MR) is 120 cm³/mol. The lowest BCUT2D eigenvalue weighted by atomic mass is 10.0. The Hall–Kier alpha value is -2.53. The van der Waals surface area contributed by atoms with Crippen LogP contribution >= 0.6 is 11.6 Å². The Morgan fingerprint density at radius 1 is 1.23 bits per heavy atom. The van der Waals surface area contributed by atoms with Crippen LogP contribution < -0.4 is 4.74 Å². The highest BCUT2D eigenvalue weighted by atomic mass is 35.5. The molecule has 1 N–H and O–H groups in total. The van der Waals surface area contributed by atoms with Gasteiger partial charge in [0, 0.05) is 29.9 Å². The topological polar surface area (TPSA) is 49.8 Å². The van der Waals surface area contributed by atoms with Gasteiger partial charge in [-0.3, -0.25) is 0 Å². The number of carboxylic acids is 1. The number of hydrogen-bond donors (Lipinski definition) is 1. The summed E-state index contributed by atoms with van der Waals surface area (Å²) in [6.07, 6.45) is 2.33. The molecule has 0 heterocycles. The van der Waals surface area contributed by atoms with Gasteiger partial charge in [0.1, 0.15) is 11.6 Å². The summed E-state index contributed by atoms with van der Waals surface area (Å²) in [6, 6.07) is 9.39. The lowest BCUT2D eigenvalue weighted by Gasteiger charge is -2.26. The Kier molecular flexibility index (Phi) is 8.72. The fourth-order valence-corrected chi connectivity index (χ4v) is 3.48. The molecule has 2 aromatic rings. The number of benzene rings is 2. The Morgan fingerprint density at radius 2 is 1.97 bits per heavy atom. The zero-order valence-electron chi connectivity index (χ0n) is 17.8. The smallest absolute Gasteiger partial charge is 0.344 e. The molecule has 0 amide bonds.